The topological polar surface area (TPSA) is 93.0 Å². The van der Waals surface area contributed by atoms with E-state index in [-0.39, 0.29) is 6.54 Å². The minimum atomic E-state index is -3.10. The van der Waals surface area contributed by atoms with Crippen LogP contribution in [0.5, 0.6) is 0 Å². The van der Waals surface area contributed by atoms with Crippen molar-refractivity contribution >= 4 is 10.8 Å². The second-order valence-electron chi connectivity index (χ2n) is 3.55. The summed E-state index contributed by atoms with van der Waals surface area (Å²) in [4.78, 5) is 0.364. The summed E-state index contributed by atoms with van der Waals surface area (Å²) >= 11 is 0. The smallest absolute Gasteiger partial charge is 0.0911 e. The molecule has 0 amide bonds. The fourth-order valence-corrected chi connectivity index (χ4v) is 2.20. The van der Waals surface area contributed by atoms with E-state index in [1.54, 1.807) is 24.3 Å². The number of rotatable bonds is 5. The van der Waals surface area contributed by atoms with Crippen LogP contribution in [0.25, 0.3) is 0 Å². The van der Waals surface area contributed by atoms with Crippen molar-refractivity contribution in [2.75, 3.05) is 13.2 Å². The Kier molecular flexibility index (Phi) is 4.72. The highest BCUT2D eigenvalue weighted by atomic mass is 32.3. The lowest BCUT2D eigenvalue weighted by molar-refractivity contribution is 0.0982. The van der Waals surface area contributed by atoms with E-state index >= 15 is 0 Å². The van der Waals surface area contributed by atoms with Gasteiger partial charge >= 0.3 is 0 Å². The van der Waals surface area contributed by atoms with Gasteiger partial charge in [0.15, 0.2) is 0 Å². The van der Waals surface area contributed by atoms with Crippen LogP contribution in [0.15, 0.2) is 29.2 Å². The highest BCUT2D eigenvalue weighted by Gasteiger charge is 2.16. The van der Waals surface area contributed by atoms with Gasteiger partial charge in [-0.3, -0.25) is 9.11 Å². The summed E-state index contributed by atoms with van der Waals surface area (Å²) in [5.74, 6) is 0. The third-order valence-electron chi connectivity index (χ3n) is 2.08. The van der Waals surface area contributed by atoms with Gasteiger partial charge < -0.3 is 10.2 Å². The quantitative estimate of drug-likeness (QED) is 0.534. The molecule has 1 aromatic rings. The fourth-order valence-electron chi connectivity index (χ4n) is 1.09. The zero-order valence-corrected chi connectivity index (χ0v) is 9.81. The van der Waals surface area contributed by atoms with E-state index in [2.05, 4.69) is 4.72 Å². The van der Waals surface area contributed by atoms with Crippen LogP contribution in [0, 0.1) is 6.92 Å². The molecule has 0 aliphatic carbocycles. The fraction of sp³-hybridized carbons (Fsp3) is 0.400. The Balaban J connectivity index is 2.66. The molecule has 5 N–H and O–H groups in total. The summed E-state index contributed by atoms with van der Waals surface area (Å²) in [5, 5.41) is 17.7. The van der Waals surface area contributed by atoms with E-state index in [9.17, 15) is 9.11 Å². The first kappa shape index (κ1) is 13.4. The van der Waals surface area contributed by atoms with Crippen LogP contribution in [0.4, 0.5) is 0 Å². The van der Waals surface area contributed by atoms with Crippen LogP contribution in [-0.4, -0.2) is 38.6 Å². The van der Waals surface area contributed by atoms with Crippen LogP contribution in [0.1, 0.15) is 5.56 Å². The van der Waals surface area contributed by atoms with Crippen LogP contribution >= 0.6 is 10.8 Å². The van der Waals surface area contributed by atoms with Crippen molar-refractivity contribution in [3.05, 3.63) is 29.8 Å². The molecule has 0 radical (unpaired) electrons. The highest BCUT2D eigenvalue weighted by Crippen LogP contribution is 2.43. The first-order valence-corrected chi connectivity index (χ1v) is 6.39. The standard InChI is InChI=1S/C10H17NO4S/c1-8-2-4-10(5-3-8)16(14,15)11-6-9(13)7-12/h2-5,9,11-15H,6-7H2,1H3. The predicted molar refractivity (Wildman–Crippen MR) is 63.4 cm³/mol. The van der Waals surface area contributed by atoms with Gasteiger partial charge in [-0.05, 0) is 19.1 Å². The Bertz CT molecular complexity index is 328. The van der Waals surface area contributed by atoms with Gasteiger partial charge in [0.25, 0.3) is 0 Å². The SMILES string of the molecule is Cc1ccc(S(O)(O)NCC(O)CO)cc1. The Hall–Kier alpha value is -0.630. The molecule has 16 heavy (non-hydrogen) atoms. The summed E-state index contributed by atoms with van der Waals surface area (Å²) in [7, 11) is -3.10. The van der Waals surface area contributed by atoms with Gasteiger partial charge in [0.2, 0.25) is 0 Å². The Morgan fingerprint density at radius 1 is 1.25 bits per heavy atom. The van der Waals surface area contributed by atoms with Crippen molar-refractivity contribution in [3.8, 4) is 0 Å². The number of benzene rings is 1. The first-order valence-electron chi connectivity index (χ1n) is 4.84. The molecule has 0 aliphatic heterocycles. The maximum absolute atomic E-state index is 9.76. The van der Waals surface area contributed by atoms with E-state index in [4.69, 9.17) is 10.2 Å². The van der Waals surface area contributed by atoms with Crippen molar-refractivity contribution in [2.45, 2.75) is 17.9 Å². The molecular formula is C10H17NO4S. The van der Waals surface area contributed by atoms with Gasteiger partial charge in [-0.15, -0.1) is 10.8 Å². The Morgan fingerprint density at radius 3 is 2.31 bits per heavy atom. The van der Waals surface area contributed by atoms with Gasteiger partial charge in [-0.25, -0.2) is 4.72 Å². The van der Waals surface area contributed by atoms with Crippen LogP contribution in [-0.2, 0) is 0 Å². The van der Waals surface area contributed by atoms with Crippen molar-refractivity contribution < 1.29 is 19.3 Å². The highest BCUT2D eigenvalue weighted by molar-refractivity contribution is 8.22. The van der Waals surface area contributed by atoms with Crippen molar-refractivity contribution in [2.24, 2.45) is 0 Å². The minimum absolute atomic E-state index is 0.0767. The molecule has 1 unspecified atom stereocenters. The monoisotopic (exact) mass is 247 g/mol. The van der Waals surface area contributed by atoms with Crippen molar-refractivity contribution in [3.63, 3.8) is 0 Å². The molecule has 92 valence electrons. The van der Waals surface area contributed by atoms with Gasteiger partial charge in [0.1, 0.15) is 0 Å². The molecule has 0 bridgehead atoms. The van der Waals surface area contributed by atoms with E-state index in [1.807, 2.05) is 6.92 Å². The van der Waals surface area contributed by atoms with Crippen molar-refractivity contribution in [1.82, 2.24) is 4.72 Å². The number of aryl methyl sites for hydroxylation is 1. The lowest BCUT2D eigenvalue weighted by atomic mass is 10.2. The van der Waals surface area contributed by atoms with Crippen LogP contribution in [0.2, 0.25) is 0 Å². The average Bonchev–Trinajstić information content (AvgIpc) is 2.26. The molecule has 0 aliphatic rings. The molecule has 0 saturated heterocycles. The number of aliphatic hydroxyl groups excluding tert-OH is 2. The largest absolute Gasteiger partial charge is 0.394 e. The molecule has 0 spiro atoms. The van der Waals surface area contributed by atoms with Gasteiger partial charge in [-0.1, -0.05) is 17.7 Å². The summed E-state index contributed by atoms with van der Waals surface area (Å²) in [6, 6.07) is 6.77. The van der Waals surface area contributed by atoms with E-state index in [0.29, 0.717) is 4.90 Å². The number of hydrogen-bond acceptors (Lipinski definition) is 5. The second kappa shape index (κ2) is 5.62. The van der Waals surface area contributed by atoms with Crippen molar-refractivity contribution in [1.29, 1.82) is 0 Å². The molecule has 1 aromatic carbocycles. The minimum Gasteiger partial charge on any atom is -0.394 e. The predicted octanol–water partition coefficient (Wildman–Crippen LogP) is 0.962. The third-order valence-corrected chi connectivity index (χ3v) is 3.58. The van der Waals surface area contributed by atoms with Gasteiger partial charge in [-0.2, -0.15) is 0 Å². The normalized spacial score (nSPS) is 14.8. The third kappa shape index (κ3) is 3.75. The molecule has 1 atom stereocenters. The summed E-state index contributed by atoms with van der Waals surface area (Å²) < 4.78 is 21.9. The molecule has 0 saturated carbocycles. The summed E-state index contributed by atoms with van der Waals surface area (Å²) in [6.07, 6.45) is -1.00. The zero-order chi connectivity index (χ0) is 12.2. The molecule has 0 aromatic heterocycles. The molecule has 6 heteroatoms. The van der Waals surface area contributed by atoms with Crippen LogP contribution in [0.3, 0.4) is 0 Å². The Morgan fingerprint density at radius 2 is 1.81 bits per heavy atom. The number of hydrogen-bond donors (Lipinski definition) is 5. The number of nitrogens with one attached hydrogen (secondary N) is 1. The first-order chi connectivity index (χ1) is 7.45. The maximum Gasteiger partial charge on any atom is 0.0911 e. The van der Waals surface area contributed by atoms with E-state index < -0.39 is 23.5 Å². The molecule has 5 nitrogen and oxygen atoms in total. The Labute approximate surface area is 96.2 Å². The van der Waals surface area contributed by atoms with E-state index in [0.717, 1.165) is 5.56 Å². The lowest BCUT2D eigenvalue weighted by Crippen LogP contribution is -2.31. The van der Waals surface area contributed by atoms with Gasteiger partial charge in [0, 0.05) is 6.54 Å². The van der Waals surface area contributed by atoms with Crippen LogP contribution < -0.4 is 4.72 Å². The average molecular weight is 247 g/mol. The molecule has 0 fully saturated rings. The molecule has 1 rings (SSSR count). The zero-order valence-electron chi connectivity index (χ0n) is 9.00. The molecule has 0 heterocycles. The van der Waals surface area contributed by atoms with E-state index in [1.165, 1.54) is 0 Å². The second-order valence-corrected chi connectivity index (χ2v) is 5.40. The summed E-state index contributed by atoms with van der Waals surface area (Å²) in [6.45, 7) is 1.40. The summed E-state index contributed by atoms with van der Waals surface area (Å²) in [5.41, 5.74) is 1.02. The molecular weight excluding hydrogens is 230 g/mol. The van der Waals surface area contributed by atoms with Gasteiger partial charge in [0.05, 0.1) is 17.6 Å². The lowest BCUT2D eigenvalue weighted by Gasteiger charge is -2.33. The number of aliphatic hydroxyl groups is 2. The maximum atomic E-state index is 9.76.